The number of nitrogens with zero attached hydrogens (tertiary/aromatic N) is 1. The van der Waals surface area contributed by atoms with Crippen molar-refractivity contribution in [1.82, 2.24) is 0 Å². The largest absolute Gasteiger partial charge is 0.370 e. The van der Waals surface area contributed by atoms with Crippen LogP contribution in [0.25, 0.3) is 0 Å². The van der Waals surface area contributed by atoms with Crippen LogP contribution in [0.4, 0.5) is 11.4 Å². The van der Waals surface area contributed by atoms with Gasteiger partial charge in [0.25, 0.3) is 10.0 Å². The fourth-order valence-corrected chi connectivity index (χ4v) is 4.67. The molecule has 1 aromatic heterocycles. The lowest BCUT2D eigenvalue weighted by molar-refractivity contribution is 0.603. The van der Waals surface area contributed by atoms with E-state index in [0.717, 1.165) is 31.6 Å². The molecule has 1 aliphatic heterocycles. The second-order valence-electron chi connectivity index (χ2n) is 4.89. The minimum Gasteiger partial charge on any atom is -0.370 e. The summed E-state index contributed by atoms with van der Waals surface area (Å²) in [7, 11) is -3.56. The quantitative estimate of drug-likeness (QED) is 0.919. The van der Waals surface area contributed by atoms with E-state index < -0.39 is 10.0 Å². The summed E-state index contributed by atoms with van der Waals surface area (Å²) in [6, 6.07) is 8.64. The van der Waals surface area contributed by atoms with Crippen molar-refractivity contribution >= 4 is 44.3 Å². The molecule has 1 N–H and O–H groups in total. The Morgan fingerprint density at radius 1 is 1.19 bits per heavy atom. The van der Waals surface area contributed by atoms with Crippen molar-refractivity contribution in [3.63, 3.8) is 0 Å². The van der Waals surface area contributed by atoms with Crippen molar-refractivity contribution in [3.8, 4) is 0 Å². The summed E-state index contributed by atoms with van der Waals surface area (Å²) in [5, 5.41) is 2.26. The number of halogens is 1. The van der Waals surface area contributed by atoms with Gasteiger partial charge in [0.2, 0.25) is 0 Å². The van der Waals surface area contributed by atoms with Crippen LogP contribution >= 0.6 is 22.9 Å². The van der Waals surface area contributed by atoms with Gasteiger partial charge in [-0.15, -0.1) is 11.3 Å². The number of rotatable bonds is 4. The fourth-order valence-electron chi connectivity index (χ4n) is 2.44. The van der Waals surface area contributed by atoms with E-state index in [4.69, 9.17) is 11.6 Å². The highest BCUT2D eigenvalue weighted by Crippen LogP contribution is 2.33. The summed E-state index contributed by atoms with van der Waals surface area (Å²) in [4.78, 5) is 2.18. The molecule has 0 amide bonds. The second-order valence-corrected chi connectivity index (χ2v) is 8.19. The molecule has 7 heteroatoms. The van der Waals surface area contributed by atoms with Gasteiger partial charge in [-0.25, -0.2) is 8.42 Å². The maximum atomic E-state index is 12.4. The summed E-state index contributed by atoms with van der Waals surface area (Å²) in [6.45, 7) is 1.88. The summed E-state index contributed by atoms with van der Waals surface area (Å²) in [5.41, 5.74) is 1.43. The van der Waals surface area contributed by atoms with Crippen molar-refractivity contribution < 1.29 is 8.42 Å². The molecule has 1 aliphatic rings. The minimum absolute atomic E-state index is 0.301. The lowest BCUT2D eigenvalue weighted by atomic mass is 10.2. The van der Waals surface area contributed by atoms with E-state index in [2.05, 4.69) is 9.62 Å². The zero-order valence-electron chi connectivity index (χ0n) is 11.3. The molecule has 0 aliphatic carbocycles. The van der Waals surface area contributed by atoms with Gasteiger partial charge in [-0.1, -0.05) is 17.7 Å². The lowest BCUT2D eigenvalue weighted by Crippen LogP contribution is -2.21. The predicted molar refractivity (Wildman–Crippen MR) is 88.0 cm³/mol. The fraction of sp³-hybridized carbons (Fsp3) is 0.286. The van der Waals surface area contributed by atoms with Gasteiger partial charge < -0.3 is 4.90 Å². The summed E-state index contributed by atoms with van der Waals surface area (Å²) in [6.07, 6.45) is 2.25. The molecule has 1 fully saturated rings. The first kappa shape index (κ1) is 14.7. The first-order valence-corrected chi connectivity index (χ1v) is 9.41. The number of thiophene rings is 1. The normalized spacial score (nSPS) is 15.4. The molecule has 0 saturated carbocycles. The second kappa shape index (κ2) is 5.87. The van der Waals surface area contributed by atoms with E-state index >= 15 is 0 Å². The molecule has 1 saturated heterocycles. The molecule has 0 spiro atoms. The van der Waals surface area contributed by atoms with E-state index in [-0.39, 0.29) is 0 Å². The molecule has 2 heterocycles. The van der Waals surface area contributed by atoms with Gasteiger partial charge in [-0.3, -0.25) is 4.72 Å². The molecule has 21 heavy (non-hydrogen) atoms. The third-order valence-electron chi connectivity index (χ3n) is 3.41. The van der Waals surface area contributed by atoms with Crippen LogP contribution < -0.4 is 9.62 Å². The molecule has 112 valence electrons. The summed E-state index contributed by atoms with van der Waals surface area (Å²) >= 11 is 7.22. The van der Waals surface area contributed by atoms with Crippen molar-refractivity contribution in [3.05, 3.63) is 40.7 Å². The van der Waals surface area contributed by atoms with Crippen molar-refractivity contribution in [2.75, 3.05) is 22.7 Å². The number of sulfonamides is 1. The van der Waals surface area contributed by atoms with Gasteiger partial charge in [0.15, 0.2) is 0 Å². The Morgan fingerprint density at radius 2 is 1.95 bits per heavy atom. The maximum absolute atomic E-state index is 12.4. The molecular formula is C14H15ClN2O2S2. The van der Waals surface area contributed by atoms with Crippen LogP contribution in [0, 0.1) is 0 Å². The third-order valence-corrected chi connectivity index (χ3v) is 6.41. The zero-order chi connectivity index (χ0) is 14.9. The highest BCUT2D eigenvalue weighted by molar-refractivity contribution is 7.94. The monoisotopic (exact) mass is 342 g/mol. The Labute approximate surface area is 133 Å². The average Bonchev–Trinajstić information content (AvgIpc) is 3.12. The van der Waals surface area contributed by atoms with Gasteiger partial charge in [-0.05, 0) is 42.5 Å². The number of hydrogen-bond donors (Lipinski definition) is 1. The molecular weight excluding hydrogens is 328 g/mol. The molecule has 0 radical (unpaired) electrons. The van der Waals surface area contributed by atoms with E-state index in [0.29, 0.717) is 14.9 Å². The number of benzene rings is 1. The van der Waals surface area contributed by atoms with E-state index in [1.165, 1.54) is 11.3 Å². The van der Waals surface area contributed by atoms with Gasteiger partial charge in [0.05, 0.1) is 11.4 Å². The van der Waals surface area contributed by atoms with Crippen LogP contribution in [-0.2, 0) is 10.0 Å². The standard InChI is InChI=1S/C14H15ClN2O2S2/c15-11-5-6-13(17-7-1-2-8-17)12(10-11)16-21(18,19)14-4-3-9-20-14/h3-6,9-10,16H,1-2,7-8H2. The molecule has 0 unspecified atom stereocenters. The smallest absolute Gasteiger partial charge is 0.271 e. The molecule has 0 atom stereocenters. The van der Waals surface area contributed by atoms with Crippen molar-refractivity contribution in [2.24, 2.45) is 0 Å². The Bertz CT molecular complexity index is 723. The molecule has 1 aromatic carbocycles. The van der Waals surface area contributed by atoms with E-state index in [1.54, 1.807) is 29.6 Å². The Morgan fingerprint density at radius 3 is 2.62 bits per heavy atom. The summed E-state index contributed by atoms with van der Waals surface area (Å²) in [5.74, 6) is 0. The average molecular weight is 343 g/mol. The van der Waals surface area contributed by atoms with Gasteiger partial charge >= 0.3 is 0 Å². The first-order chi connectivity index (χ1) is 10.1. The highest BCUT2D eigenvalue weighted by atomic mass is 35.5. The number of anilines is 2. The predicted octanol–water partition coefficient (Wildman–Crippen LogP) is 3.80. The topological polar surface area (TPSA) is 49.4 Å². The van der Waals surface area contributed by atoms with Crippen molar-refractivity contribution in [2.45, 2.75) is 17.1 Å². The van der Waals surface area contributed by atoms with E-state index in [9.17, 15) is 8.42 Å². The zero-order valence-corrected chi connectivity index (χ0v) is 13.6. The molecule has 0 bridgehead atoms. The Balaban J connectivity index is 1.96. The SMILES string of the molecule is O=S(=O)(Nc1cc(Cl)ccc1N1CCCC1)c1cccs1. The van der Waals surface area contributed by atoms with E-state index in [1.807, 2.05) is 6.07 Å². The summed E-state index contributed by atoms with van der Waals surface area (Å²) < 4.78 is 27.7. The molecule has 4 nitrogen and oxygen atoms in total. The molecule has 3 rings (SSSR count). The van der Waals surface area contributed by atoms with Crippen LogP contribution in [-0.4, -0.2) is 21.5 Å². The van der Waals surface area contributed by atoms with Crippen LogP contribution in [0.1, 0.15) is 12.8 Å². The van der Waals surface area contributed by atoms with Crippen LogP contribution in [0.3, 0.4) is 0 Å². The van der Waals surface area contributed by atoms with Gasteiger partial charge in [-0.2, -0.15) is 0 Å². The van der Waals surface area contributed by atoms with Gasteiger partial charge in [0.1, 0.15) is 4.21 Å². The Kier molecular flexibility index (Phi) is 4.10. The maximum Gasteiger partial charge on any atom is 0.271 e. The van der Waals surface area contributed by atoms with Crippen LogP contribution in [0.5, 0.6) is 0 Å². The van der Waals surface area contributed by atoms with Crippen LogP contribution in [0.15, 0.2) is 39.9 Å². The number of hydrogen-bond acceptors (Lipinski definition) is 4. The lowest BCUT2D eigenvalue weighted by Gasteiger charge is -2.22. The third kappa shape index (κ3) is 3.17. The first-order valence-electron chi connectivity index (χ1n) is 6.67. The van der Waals surface area contributed by atoms with Gasteiger partial charge in [0, 0.05) is 18.1 Å². The van der Waals surface area contributed by atoms with Crippen LogP contribution in [0.2, 0.25) is 5.02 Å². The Hall–Kier alpha value is -1.24. The highest BCUT2D eigenvalue weighted by Gasteiger charge is 2.21. The molecule has 2 aromatic rings. The minimum atomic E-state index is -3.56. The van der Waals surface area contributed by atoms with Crippen molar-refractivity contribution in [1.29, 1.82) is 0 Å². The number of nitrogens with one attached hydrogen (secondary N) is 1.